The highest BCUT2D eigenvalue weighted by atomic mass is 16.5. The topological polar surface area (TPSA) is 26.0 Å². The third-order valence-corrected chi connectivity index (χ3v) is 3.76. The highest BCUT2D eigenvalue weighted by Crippen LogP contribution is 2.26. The Morgan fingerprint density at radius 1 is 0.783 bits per heavy atom. The van der Waals surface area contributed by atoms with E-state index in [0.717, 1.165) is 35.4 Å². The minimum Gasteiger partial charge on any atom is -0.356 e. The summed E-state index contributed by atoms with van der Waals surface area (Å²) in [6.07, 6.45) is 5.55. The van der Waals surface area contributed by atoms with Crippen molar-refractivity contribution in [2.24, 2.45) is 0 Å². The molecular formula is C21H19NO. The van der Waals surface area contributed by atoms with Gasteiger partial charge in [0.15, 0.2) is 5.76 Å². The lowest BCUT2D eigenvalue weighted by atomic mass is 10.0. The molecule has 3 aromatic rings. The van der Waals surface area contributed by atoms with E-state index in [-0.39, 0.29) is 0 Å². The Hall–Kier alpha value is -2.87. The highest BCUT2D eigenvalue weighted by molar-refractivity contribution is 5.67. The largest absolute Gasteiger partial charge is 0.356 e. The smallest absolute Gasteiger partial charge is 0.167 e. The van der Waals surface area contributed by atoms with E-state index in [9.17, 15) is 0 Å². The molecule has 0 unspecified atom stereocenters. The number of hydrogen-bond acceptors (Lipinski definition) is 2. The molecule has 0 aliphatic heterocycles. The van der Waals surface area contributed by atoms with E-state index in [4.69, 9.17) is 4.52 Å². The molecule has 3 rings (SSSR count). The van der Waals surface area contributed by atoms with Gasteiger partial charge in [-0.2, -0.15) is 0 Å². The first-order valence-corrected chi connectivity index (χ1v) is 7.67. The second kappa shape index (κ2) is 6.93. The zero-order chi connectivity index (χ0) is 16.1. The third-order valence-electron chi connectivity index (χ3n) is 3.76. The van der Waals surface area contributed by atoms with Gasteiger partial charge in [0, 0.05) is 17.2 Å². The van der Waals surface area contributed by atoms with Crippen molar-refractivity contribution in [1.29, 1.82) is 0 Å². The fourth-order valence-corrected chi connectivity index (χ4v) is 2.50. The van der Waals surface area contributed by atoms with Crippen molar-refractivity contribution >= 4 is 0 Å². The lowest BCUT2D eigenvalue weighted by Crippen LogP contribution is -1.82. The standard InChI is InChI=1S/C21H19NO/c1-3-5-16-7-11-18(12-8-16)20-15-21(23-22-20)19-13-9-17(6-4-2)10-14-19/h3-4,7-15H,1-2,5-6H2. The van der Waals surface area contributed by atoms with Crippen molar-refractivity contribution in [3.63, 3.8) is 0 Å². The molecule has 23 heavy (non-hydrogen) atoms. The summed E-state index contributed by atoms with van der Waals surface area (Å²) < 4.78 is 5.50. The summed E-state index contributed by atoms with van der Waals surface area (Å²) in [5, 5.41) is 4.19. The SMILES string of the molecule is C=CCc1ccc(-c2cc(-c3ccc(CC=C)cc3)on2)cc1. The number of hydrogen-bond donors (Lipinski definition) is 0. The number of nitrogens with zero attached hydrogens (tertiary/aromatic N) is 1. The van der Waals surface area contributed by atoms with Crippen molar-refractivity contribution in [1.82, 2.24) is 5.16 Å². The maximum Gasteiger partial charge on any atom is 0.167 e. The summed E-state index contributed by atoms with van der Waals surface area (Å²) in [6, 6.07) is 18.6. The Morgan fingerprint density at radius 3 is 1.83 bits per heavy atom. The molecule has 0 saturated heterocycles. The number of benzene rings is 2. The maximum absolute atomic E-state index is 5.50. The van der Waals surface area contributed by atoms with Gasteiger partial charge >= 0.3 is 0 Å². The van der Waals surface area contributed by atoms with Crippen LogP contribution in [0.15, 0.2) is 84.4 Å². The van der Waals surface area contributed by atoms with Crippen molar-refractivity contribution in [2.45, 2.75) is 12.8 Å². The van der Waals surface area contributed by atoms with E-state index in [1.165, 1.54) is 11.1 Å². The average Bonchev–Trinajstić information content (AvgIpc) is 3.07. The van der Waals surface area contributed by atoms with Gasteiger partial charge in [-0.05, 0) is 24.0 Å². The molecule has 0 fully saturated rings. The number of allylic oxidation sites excluding steroid dienone is 2. The predicted molar refractivity (Wildman–Crippen MR) is 95.2 cm³/mol. The number of rotatable bonds is 6. The van der Waals surface area contributed by atoms with Gasteiger partial charge in [-0.15, -0.1) is 13.2 Å². The van der Waals surface area contributed by atoms with Gasteiger partial charge in [0.05, 0.1) is 0 Å². The summed E-state index contributed by atoms with van der Waals surface area (Å²) in [4.78, 5) is 0. The van der Waals surface area contributed by atoms with Crippen LogP contribution in [0.1, 0.15) is 11.1 Å². The quantitative estimate of drug-likeness (QED) is 0.565. The first kappa shape index (κ1) is 15.0. The zero-order valence-corrected chi connectivity index (χ0v) is 13.0. The van der Waals surface area contributed by atoms with Crippen LogP contribution in [0.25, 0.3) is 22.6 Å². The van der Waals surface area contributed by atoms with E-state index in [0.29, 0.717) is 0 Å². The molecule has 0 bridgehead atoms. The molecule has 1 heterocycles. The second-order valence-corrected chi connectivity index (χ2v) is 5.46. The van der Waals surface area contributed by atoms with Crippen LogP contribution in [0, 0.1) is 0 Å². The molecule has 0 saturated carbocycles. The monoisotopic (exact) mass is 301 g/mol. The van der Waals surface area contributed by atoms with Crippen LogP contribution in [0.5, 0.6) is 0 Å². The molecule has 0 amide bonds. The summed E-state index contributed by atoms with van der Waals surface area (Å²) in [7, 11) is 0. The predicted octanol–water partition coefficient (Wildman–Crippen LogP) is 5.47. The van der Waals surface area contributed by atoms with Crippen molar-refractivity contribution in [3.05, 3.63) is 91.0 Å². The molecule has 114 valence electrons. The minimum absolute atomic E-state index is 0.778. The fourth-order valence-electron chi connectivity index (χ4n) is 2.50. The summed E-state index contributed by atoms with van der Waals surface area (Å²) in [5.74, 6) is 0.778. The minimum atomic E-state index is 0.778. The van der Waals surface area contributed by atoms with Crippen LogP contribution in [0.3, 0.4) is 0 Å². The van der Waals surface area contributed by atoms with Gasteiger partial charge in [0.25, 0.3) is 0 Å². The van der Waals surface area contributed by atoms with Gasteiger partial charge in [0.1, 0.15) is 5.69 Å². The second-order valence-electron chi connectivity index (χ2n) is 5.46. The lowest BCUT2D eigenvalue weighted by molar-refractivity contribution is 0.435. The summed E-state index contributed by atoms with van der Waals surface area (Å²) in [5.41, 5.74) is 5.41. The lowest BCUT2D eigenvalue weighted by Gasteiger charge is -1.99. The van der Waals surface area contributed by atoms with Gasteiger partial charge in [-0.3, -0.25) is 0 Å². The Kier molecular flexibility index (Phi) is 4.53. The molecule has 1 aromatic heterocycles. The Labute approximate surface area is 136 Å². The van der Waals surface area contributed by atoms with Crippen LogP contribution in [-0.2, 0) is 12.8 Å². The molecule has 0 atom stereocenters. The van der Waals surface area contributed by atoms with Gasteiger partial charge in [-0.25, -0.2) is 0 Å². The third kappa shape index (κ3) is 3.49. The Morgan fingerprint density at radius 2 is 1.30 bits per heavy atom. The van der Waals surface area contributed by atoms with Crippen LogP contribution < -0.4 is 0 Å². The molecular weight excluding hydrogens is 282 g/mol. The summed E-state index contributed by atoms with van der Waals surface area (Å²) in [6.45, 7) is 7.52. The van der Waals surface area contributed by atoms with E-state index < -0.39 is 0 Å². The molecule has 2 nitrogen and oxygen atoms in total. The van der Waals surface area contributed by atoms with Crippen LogP contribution >= 0.6 is 0 Å². The molecule has 2 heteroatoms. The normalized spacial score (nSPS) is 10.4. The van der Waals surface area contributed by atoms with Gasteiger partial charge < -0.3 is 4.52 Å². The number of aromatic nitrogens is 1. The van der Waals surface area contributed by atoms with E-state index in [1.807, 2.05) is 18.2 Å². The molecule has 2 aromatic carbocycles. The van der Waals surface area contributed by atoms with Crippen molar-refractivity contribution in [2.75, 3.05) is 0 Å². The van der Waals surface area contributed by atoms with E-state index in [1.54, 1.807) is 0 Å². The van der Waals surface area contributed by atoms with Crippen molar-refractivity contribution < 1.29 is 4.52 Å². The van der Waals surface area contributed by atoms with E-state index >= 15 is 0 Å². The molecule has 0 N–H and O–H groups in total. The average molecular weight is 301 g/mol. The highest BCUT2D eigenvalue weighted by Gasteiger charge is 2.08. The molecule has 0 radical (unpaired) electrons. The Balaban J connectivity index is 1.81. The van der Waals surface area contributed by atoms with Crippen molar-refractivity contribution in [3.8, 4) is 22.6 Å². The fraction of sp³-hybridized carbons (Fsp3) is 0.0952. The molecule has 0 aliphatic rings. The molecule has 0 aliphatic carbocycles. The van der Waals surface area contributed by atoms with Gasteiger partial charge in [0.2, 0.25) is 0 Å². The maximum atomic E-state index is 5.50. The summed E-state index contributed by atoms with van der Waals surface area (Å²) >= 11 is 0. The Bertz CT molecular complexity index is 727. The first-order valence-electron chi connectivity index (χ1n) is 7.67. The van der Waals surface area contributed by atoms with Gasteiger partial charge in [-0.1, -0.05) is 65.8 Å². The molecule has 0 spiro atoms. The van der Waals surface area contributed by atoms with Crippen LogP contribution in [0.2, 0.25) is 0 Å². The van der Waals surface area contributed by atoms with E-state index in [2.05, 4.69) is 66.8 Å². The van der Waals surface area contributed by atoms with Crippen LogP contribution in [0.4, 0.5) is 0 Å². The first-order chi connectivity index (χ1) is 11.3. The zero-order valence-electron chi connectivity index (χ0n) is 13.0. The van der Waals surface area contributed by atoms with Crippen LogP contribution in [-0.4, -0.2) is 5.16 Å².